The zero-order valence-corrected chi connectivity index (χ0v) is 20.1. The van der Waals surface area contributed by atoms with Crippen molar-refractivity contribution in [2.24, 2.45) is 39.7 Å². The Morgan fingerprint density at radius 3 is 2.61 bits per heavy atom. The minimum Gasteiger partial charge on any atom is -0.394 e. The molecule has 8 atom stereocenters. The average molecular weight is 433 g/mol. The van der Waals surface area contributed by atoms with Crippen LogP contribution in [0.1, 0.15) is 71.6 Å². The maximum Gasteiger partial charge on any atom is 0.129 e. The molecule has 0 aromatic rings. The van der Waals surface area contributed by atoms with Crippen LogP contribution in [-0.2, 0) is 4.84 Å². The van der Waals surface area contributed by atoms with Crippen molar-refractivity contribution in [1.82, 2.24) is 4.90 Å². The molecule has 176 valence electrons. The second-order valence-electron chi connectivity index (χ2n) is 11.7. The lowest BCUT2D eigenvalue weighted by atomic mass is 9.43. The molecule has 4 aliphatic carbocycles. The van der Waals surface area contributed by atoms with Gasteiger partial charge in [-0.25, -0.2) is 0 Å². The smallest absolute Gasteiger partial charge is 0.129 e. The number of nitrogens with zero attached hydrogens (tertiary/aromatic N) is 2. The SMILES string of the molecule is CN(C)CCO/N=C/C=C/[C@H]1CC[C@]2(O)[C@@H]3CC[C@@H]4C[C@@H](O)CC[C@]4(C)[C@H]3CC[C@]12C. The number of oxime groups is 1. The van der Waals surface area contributed by atoms with Crippen molar-refractivity contribution in [3.8, 4) is 0 Å². The number of rotatable bonds is 6. The van der Waals surface area contributed by atoms with E-state index >= 15 is 0 Å². The zero-order chi connectivity index (χ0) is 22.3. The van der Waals surface area contributed by atoms with Crippen LogP contribution < -0.4 is 0 Å². The number of fused-ring (bicyclic) bond motifs is 5. The third-order valence-corrected chi connectivity index (χ3v) is 10.1. The molecule has 4 fully saturated rings. The Bertz CT molecular complexity index is 694. The van der Waals surface area contributed by atoms with Crippen molar-refractivity contribution < 1.29 is 15.1 Å². The van der Waals surface area contributed by atoms with E-state index in [1.165, 1.54) is 12.8 Å². The minimum atomic E-state index is -0.561. The fraction of sp³-hybridized carbons (Fsp3) is 0.885. The van der Waals surface area contributed by atoms with E-state index in [9.17, 15) is 10.2 Å². The van der Waals surface area contributed by atoms with Crippen LogP contribution in [0, 0.1) is 34.5 Å². The van der Waals surface area contributed by atoms with Gasteiger partial charge in [-0.3, -0.25) is 0 Å². The van der Waals surface area contributed by atoms with Crippen molar-refractivity contribution in [2.45, 2.75) is 83.3 Å². The van der Waals surface area contributed by atoms with Crippen molar-refractivity contribution in [2.75, 3.05) is 27.2 Å². The molecule has 4 aliphatic rings. The second kappa shape index (κ2) is 8.79. The summed E-state index contributed by atoms with van der Waals surface area (Å²) in [4.78, 5) is 7.38. The molecule has 4 saturated carbocycles. The van der Waals surface area contributed by atoms with E-state index in [-0.39, 0.29) is 11.5 Å². The van der Waals surface area contributed by atoms with Crippen LogP contribution >= 0.6 is 0 Å². The van der Waals surface area contributed by atoms with E-state index in [2.05, 4.69) is 30.0 Å². The van der Waals surface area contributed by atoms with Gasteiger partial charge in [0.1, 0.15) is 6.61 Å². The molecule has 0 aliphatic heterocycles. The van der Waals surface area contributed by atoms with E-state index in [0.29, 0.717) is 35.7 Å². The van der Waals surface area contributed by atoms with Gasteiger partial charge in [0.2, 0.25) is 0 Å². The third-order valence-electron chi connectivity index (χ3n) is 10.1. The first-order valence-corrected chi connectivity index (χ1v) is 12.6. The summed E-state index contributed by atoms with van der Waals surface area (Å²) in [6, 6.07) is 0. The Labute approximate surface area is 188 Å². The van der Waals surface area contributed by atoms with Crippen LogP contribution in [0.4, 0.5) is 0 Å². The molecule has 0 heterocycles. The van der Waals surface area contributed by atoms with Crippen LogP contribution in [0.2, 0.25) is 0 Å². The molecule has 4 rings (SSSR count). The predicted molar refractivity (Wildman–Crippen MR) is 125 cm³/mol. The van der Waals surface area contributed by atoms with Gasteiger partial charge in [0.05, 0.1) is 17.9 Å². The van der Waals surface area contributed by atoms with E-state index in [4.69, 9.17) is 4.84 Å². The van der Waals surface area contributed by atoms with Gasteiger partial charge in [-0.2, -0.15) is 0 Å². The quantitative estimate of drug-likeness (QED) is 0.374. The highest BCUT2D eigenvalue weighted by Gasteiger charge is 2.66. The van der Waals surface area contributed by atoms with Gasteiger partial charge in [-0.05, 0) is 107 Å². The number of allylic oxidation sites excluding steroid dienone is 2. The molecule has 0 aromatic heterocycles. The average Bonchev–Trinajstić information content (AvgIpc) is 2.99. The zero-order valence-electron chi connectivity index (χ0n) is 20.1. The van der Waals surface area contributed by atoms with Crippen molar-refractivity contribution in [3.05, 3.63) is 12.2 Å². The molecule has 0 radical (unpaired) electrons. The Balaban J connectivity index is 1.43. The van der Waals surface area contributed by atoms with Crippen LogP contribution in [0.25, 0.3) is 0 Å². The lowest BCUT2D eigenvalue weighted by Crippen LogP contribution is -2.62. The van der Waals surface area contributed by atoms with Crippen molar-refractivity contribution in [3.63, 3.8) is 0 Å². The largest absolute Gasteiger partial charge is 0.394 e. The fourth-order valence-electron chi connectivity index (χ4n) is 8.09. The van der Waals surface area contributed by atoms with Crippen LogP contribution in [0.5, 0.6) is 0 Å². The van der Waals surface area contributed by atoms with E-state index < -0.39 is 5.60 Å². The van der Waals surface area contributed by atoms with Crippen LogP contribution in [0.3, 0.4) is 0 Å². The van der Waals surface area contributed by atoms with E-state index in [0.717, 1.165) is 51.5 Å². The van der Waals surface area contributed by atoms with E-state index in [1.54, 1.807) is 6.21 Å². The second-order valence-corrected chi connectivity index (χ2v) is 11.7. The normalized spacial score (nSPS) is 47.5. The molecule has 0 bridgehead atoms. The molecule has 5 nitrogen and oxygen atoms in total. The van der Waals surface area contributed by atoms with Crippen molar-refractivity contribution >= 4 is 6.21 Å². The monoisotopic (exact) mass is 432 g/mol. The summed E-state index contributed by atoms with van der Waals surface area (Å²) in [6.07, 6.45) is 15.5. The minimum absolute atomic E-state index is 0.0539. The summed E-state index contributed by atoms with van der Waals surface area (Å²) in [6.45, 7) is 6.27. The van der Waals surface area contributed by atoms with Crippen molar-refractivity contribution in [1.29, 1.82) is 0 Å². The molecule has 0 aromatic carbocycles. The van der Waals surface area contributed by atoms with Gasteiger partial charge in [-0.15, -0.1) is 0 Å². The fourth-order valence-corrected chi connectivity index (χ4v) is 8.09. The Morgan fingerprint density at radius 1 is 1.03 bits per heavy atom. The number of hydrogen-bond donors (Lipinski definition) is 2. The first-order chi connectivity index (χ1) is 14.7. The number of hydrogen-bond acceptors (Lipinski definition) is 5. The van der Waals surface area contributed by atoms with Gasteiger partial charge < -0.3 is 20.0 Å². The molecule has 2 N–H and O–H groups in total. The van der Waals surface area contributed by atoms with Gasteiger partial charge in [-0.1, -0.05) is 25.1 Å². The summed E-state index contributed by atoms with van der Waals surface area (Å²) < 4.78 is 0. The standard InChI is InChI=1S/C26H44N2O3/c1-24-12-10-21(29)18-20(24)7-8-23-22(24)11-13-25(2)19(9-14-26(23,25)30)6-5-15-27-31-17-16-28(3)4/h5-6,15,19-23,29-30H,7-14,16-18H2,1-4H3/b6-5+,27-15+/t19-,20+,21-,22-,23+,24-,25+,26-/m0/s1. The van der Waals surface area contributed by atoms with Crippen LogP contribution in [-0.4, -0.2) is 60.3 Å². The molecule has 0 amide bonds. The summed E-state index contributed by atoms with van der Waals surface area (Å²) in [5.41, 5.74) is -0.320. The molecular weight excluding hydrogens is 388 g/mol. The summed E-state index contributed by atoms with van der Waals surface area (Å²) in [7, 11) is 4.04. The van der Waals surface area contributed by atoms with Gasteiger partial charge in [0.15, 0.2) is 0 Å². The lowest BCUT2D eigenvalue weighted by molar-refractivity contribution is -0.207. The first kappa shape index (κ1) is 23.3. The number of aliphatic hydroxyl groups excluding tert-OH is 1. The highest BCUT2D eigenvalue weighted by molar-refractivity contribution is 5.70. The molecular formula is C26H44N2O3. The summed E-state index contributed by atoms with van der Waals surface area (Å²) >= 11 is 0. The van der Waals surface area contributed by atoms with Gasteiger partial charge >= 0.3 is 0 Å². The lowest BCUT2D eigenvalue weighted by Gasteiger charge is -2.63. The number of likely N-dealkylation sites (N-methyl/N-ethyl adjacent to an activating group) is 1. The molecule has 0 spiro atoms. The van der Waals surface area contributed by atoms with Crippen LogP contribution in [0.15, 0.2) is 17.3 Å². The maximum absolute atomic E-state index is 12.2. The van der Waals surface area contributed by atoms with Gasteiger partial charge in [0.25, 0.3) is 0 Å². The summed E-state index contributed by atoms with van der Waals surface area (Å²) in [5.74, 6) is 2.03. The Morgan fingerprint density at radius 2 is 1.84 bits per heavy atom. The molecule has 0 saturated heterocycles. The third kappa shape index (κ3) is 4.00. The molecule has 31 heavy (non-hydrogen) atoms. The number of aliphatic hydroxyl groups is 2. The first-order valence-electron chi connectivity index (χ1n) is 12.6. The van der Waals surface area contributed by atoms with Gasteiger partial charge in [0, 0.05) is 12.0 Å². The maximum atomic E-state index is 12.2. The summed E-state index contributed by atoms with van der Waals surface area (Å²) in [5, 5.41) is 26.5. The molecule has 5 heteroatoms. The highest BCUT2D eigenvalue weighted by Crippen LogP contribution is 2.69. The van der Waals surface area contributed by atoms with E-state index in [1.807, 2.05) is 20.2 Å². The Hall–Kier alpha value is -0.910. The molecule has 0 unspecified atom stereocenters. The predicted octanol–water partition coefficient (Wildman–Crippen LogP) is 4.24. The topological polar surface area (TPSA) is 65.3 Å². The highest BCUT2D eigenvalue weighted by atomic mass is 16.6. The Kier molecular flexibility index (Phi) is 6.60.